The van der Waals surface area contributed by atoms with E-state index in [0.29, 0.717) is 0 Å². The zero-order valence-electron chi connectivity index (χ0n) is 10.8. The van der Waals surface area contributed by atoms with E-state index in [2.05, 4.69) is 5.10 Å². The van der Waals surface area contributed by atoms with Crippen LogP contribution in [-0.4, -0.2) is 34.1 Å². The summed E-state index contributed by atoms with van der Waals surface area (Å²) in [5, 5.41) is 13.5. The third-order valence-electron chi connectivity index (χ3n) is 2.56. The van der Waals surface area contributed by atoms with E-state index in [1.165, 1.54) is 0 Å². The van der Waals surface area contributed by atoms with Gasteiger partial charge in [-0.05, 0) is 18.4 Å². The van der Waals surface area contributed by atoms with Gasteiger partial charge in [0.2, 0.25) is 0 Å². The number of carbonyl (C=O) groups is 1. The average Bonchev–Trinajstić information content (AvgIpc) is 2.34. The molecule has 4 N–H and O–H groups in total. The molecule has 7 nitrogen and oxygen atoms in total. The van der Waals surface area contributed by atoms with E-state index < -0.39 is 29.5 Å². The highest BCUT2D eigenvalue weighted by Gasteiger charge is 2.36. The van der Waals surface area contributed by atoms with Crippen molar-refractivity contribution in [3.05, 3.63) is 27.7 Å². The second-order valence-corrected chi connectivity index (χ2v) is 4.19. The van der Waals surface area contributed by atoms with Crippen LogP contribution in [0.3, 0.4) is 0 Å². The summed E-state index contributed by atoms with van der Waals surface area (Å²) in [7, 11) is 0. The van der Waals surface area contributed by atoms with Crippen molar-refractivity contribution in [1.29, 1.82) is 0 Å². The maximum absolute atomic E-state index is 12.7. The second kappa shape index (κ2) is 7.18. The average molecular weight is 309 g/mol. The van der Waals surface area contributed by atoms with Crippen LogP contribution in [0.1, 0.15) is 24.0 Å². The minimum Gasteiger partial charge on any atom is -0.481 e. The number of alkyl halides is 3. The summed E-state index contributed by atoms with van der Waals surface area (Å²) in [6, 6.07) is 0. The fourth-order valence-electron chi connectivity index (χ4n) is 1.61. The highest BCUT2D eigenvalue weighted by atomic mass is 19.4. The topological polar surface area (TPSA) is 118 Å². The molecule has 0 aliphatic carbocycles. The molecule has 1 heterocycles. The predicted molar refractivity (Wildman–Crippen MR) is 64.4 cm³/mol. The highest BCUT2D eigenvalue weighted by Crippen LogP contribution is 2.29. The Labute approximate surface area is 116 Å². The molecule has 10 heteroatoms. The Kier molecular flexibility index (Phi) is 5.85. The number of H-pyrrole nitrogens is 1. The maximum Gasteiger partial charge on any atom is 0.422 e. The van der Waals surface area contributed by atoms with Crippen LogP contribution in [0.2, 0.25) is 0 Å². The maximum atomic E-state index is 12.7. The Balaban J connectivity index is 2.66. The highest BCUT2D eigenvalue weighted by molar-refractivity contribution is 5.66. The summed E-state index contributed by atoms with van der Waals surface area (Å²) in [6.45, 7) is -0.143. The van der Waals surface area contributed by atoms with Crippen molar-refractivity contribution >= 4 is 5.97 Å². The van der Waals surface area contributed by atoms with Crippen LogP contribution >= 0.6 is 0 Å². The van der Waals surface area contributed by atoms with Crippen LogP contribution in [0.5, 0.6) is 0 Å². The molecule has 0 saturated heterocycles. The fraction of sp³-hybridized carbons (Fsp3) is 0.545. The van der Waals surface area contributed by atoms with E-state index in [-0.39, 0.29) is 31.4 Å². The number of aromatic nitrogens is 2. The lowest BCUT2D eigenvalue weighted by Gasteiger charge is -2.14. The van der Waals surface area contributed by atoms with Crippen LogP contribution in [0.15, 0.2) is 11.0 Å². The smallest absolute Gasteiger partial charge is 0.422 e. The van der Waals surface area contributed by atoms with Crippen molar-refractivity contribution in [2.24, 2.45) is 5.73 Å². The molecule has 1 atom stereocenters. The SMILES string of the molecule is NC(CCc1cn[nH]c(=O)c1C(F)(F)F)OCCC(=O)O. The number of nitrogens with one attached hydrogen (secondary N) is 1. The van der Waals surface area contributed by atoms with Gasteiger partial charge in [-0.25, -0.2) is 5.10 Å². The molecule has 0 radical (unpaired) electrons. The van der Waals surface area contributed by atoms with E-state index in [1.54, 1.807) is 5.10 Å². The van der Waals surface area contributed by atoms with Crippen molar-refractivity contribution in [3.63, 3.8) is 0 Å². The van der Waals surface area contributed by atoms with Gasteiger partial charge in [0, 0.05) is 0 Å². The summed E-state index contributed by atoms with van der Waals surface area (Å²) in [4.78, 5) is 21.5. The van der Waals surface area contributed by atoms with E-state index in [9.17, 15) is 22.8 Å². The van der Waals surface area contributed by atoms with Gasteiger partial charge < -0.3 is 15.6 Å². The molecule has 0 fully saturated rings. The molecule has 1 unspecified atom stereocenters. The van der Waals surface area contributed by atoms with Gasteiger partial charge in [0.1, 0.15) is 11.8 Å². The lowest BCUT2D eigenvalue weighted by molar-refractivity contribution is -0.140. The molecular formula is C11H14F3N3O4. The molecule has 0 bridgehead atoms. The third-order valence-corrected chi connectivity index (χ3v) is 2.56. The van der Waals surface area contributed by atoms with Gasteiger partial charge in [-0.3, -0.25) is 9.59 Å². The van der Waals surface area contributed by atoms with E-state index in [4.69, 9.17) is 15.6 Å². The summed E-state index contributed by atoms with van der Waals surface area (Å²) >= 11 is 0. The van der Waals surface area contributed by atoms with E-state index in [1.807, 2.05) is 0 Å². The minimum absolute atomic E-state index is 0.00612. The Morgan fingerprint density at radius 1 is 1.52 bits per heavy atom. The van der Waals surface area contributed by atoms with Gasteiger partial charge in [-0.2, -0.15) is 18.3 Å². The number of carboxylic acid groups (broad SMARTS) is 1. The first-order chi connectivity index (χ1) is 9.71. The number of hydrogen-bond acceptors (Lipinski definition) is 5. The van der Waals surface area contributed by atoms with Crippen molar-refractivity contribution in [2.75, 3.05) is 6.61 Å². The first-order valence-corrected chi connectivity index (χ1v) is 5.94. The van der Waals surface area contributed by atoms with Crippen LogP contribution in [0.25, 0.3) is 0 Å². The molecule has 0 aliphatic rings. The molecule has 0 saturated carbocycles. The fourth-order valence-corrected chi connectivity index (χ4v) is 1.61. The second-order valence-electron chi connectivity index (χ2n) is 4.19. The molecule has 21 heavy (non-hydrogen) atoms. The lowest BCUT2D eigenvalue weighted by atomic mass is 10.1. The number of nitrogens with two attached hydrogens (primary N) is 1. The van der Waals surface area contributed by atoms with Crippen LogP contribution < -0.4 is 11.3 Å². The Bertz CT molecular complexity index is 544. The van der Waals surface area contributed by atoms with Crippen molar-refractivity contribution < 1.29 is 27.8 Å². The molecule has 0 aliphatic heterocycles. The standard InChI is InChI=1S/C11H14F3N3O4/c12-11(13,14)9-6(5-16-17-10(9)20)1-2-7(15)21-4-3-8(18)19/h5,7H,1-4,15H2,(H,17,20)(H,18,19). The number of nitrogens with zero attached hydrogens (tertiary/aromatic N) is 1. The Hall–Kier alpha value is -1.94. The number of aromatic amines is 1. The minimum atomic E-state index is -4.79. The van der Waals surface area contributed by atoms with Gasteiger partial charge in [0.15, 0.2) is 0 Å². The van der Waals surface area contributed by atoms with Gasteiger partial charge >= 0.3 is 12.1 Å². The van der Waals surface area contributed by atoms with Gasteiger partial charge in [0.05, 0.1) is 19.2 Å². The largest absolute Gasteiger partial charge is 0.481 e. The summed E-state index contributed by atoms with van der Waals surface area (Å²) < 4.78 is 43.2. The van der Waals surface area contributed by atoms with Gasteiger partial charge in [-0.1, -0.05) is 0 Å². The normalized spacial score (nSPS) is 13.1. The first-order valence-electron chi connectivity index (χ1n) is 5.94. The predicted octanol–water partition coefficient (Wildman–Crippen LogP) is 0.497. The molecule has 1 aromatic rings. The zero-order valence-corrected chi connectivity index (χ0v) is 10.8. The van der Waals surface area contributed by atoms with Crippen molar-refractivity contribution in [2.45, 2.75) is 31.7 Å². The number of carboxylic acids is 1. The van der Waals surface area contributed by atoms with Gasteiger partial charge in [0.25, 0.3) is 5.56 Å². The summed E-state index contributed by atoms with van der Waals surface area (Å²) in [6.07, 6.45) is -5.24. The van der Waals surface area contributed by atoms with Crippen LogP contribution in [-0.2, 0) is 22.1 Å². The molecular weight excluding hydrogens is 295 g/mol. The summed E-state index contributed by atoms with van der Waals surface area (Å²) in [5.74, 6) is -1.07. The molecule has 0 spiro atoms. The summed E-state index contributed by atoms with van der Waals surface area (Å²) in [5.41, 5.74) is 2.58. The quantitative estimate of drug-likeness (QED) is 0.631. The Morgan fingerprint density at radius 2 is 2.19 bits per heavy atom. The number of aliphatic carboxylic acids is 1. The van der Waals surface area contributed by atoms with Crippen LogP contribution in [0.4, 0.5) is 13.2 Å². The number of hydrogen-bond donors (Lipinski definition) is 3. The Morgan fingerprint density at radius 3 is 2.76 bits per heavy atom. The zero-order chi connectivity index (χ0) is 16.0. The lowest BCUT2D eigenvalue weighted by Crippen LogP contribution is -2.28. The monoisotopic (exact) mass is 309 g/mol. The number of ether oxygens (including phenoxy) is 1. The molecule has 1 aromatic heterocycles. The molecule has 1 rings (SSSR count). The molecule has 0 amide bonds. The molecule has 0 aromatic carbocycles. The first kappa shape index (κ1) is 17.1. The number of aryl methyl sites for hydroxylation is 1. The van der Waals surface area contributed by atoms with E-state index in [0.717, 1.165) is 6.20 Å². The van der Waals surface area contributed by atoms with Crippen molar-refractivity contribution in [3.8, 4) is 0 Å². The van der Waals surface area contributed by atoms with Crippen LogP contribution in [0, 0.1) is 0 Å². The third kappa shape index (κ3) is 5.52. The molecule has 118 valence electrons. The van der Waals surface area contributed by atoms with Crippen molar-refractivity contribution in [1.82, 2.24) is 10.2 Å². The number of rotatable bonds is 7. The van der Waals surface area contributed by atoms with Gasteiger partial charge in [-0.15, -0.1) is 0 Å². The van der Waals surface area contributed by atoms with E-state index >= 15 is 0 Å². The number of halogens is 3.